The van der Waals surface area contributed by atoms with E-state index in [0.29, 0.717) is 37.2 Å². The molecule has 6 unspecified atom stereocenters. The number of aryl methyl sites for hydroxylation is 1. The molecule has 41 heavy (non-hydrogen) atoms. The number of aliphatic hydroxyl groups excluding tert-OH is 3. The second kappa shape index (κ2) is 11.1. The highest BCUT2D eigenvalue weighted by Gasteiger charge is 2.75. The van der Waals surface area contributed by atoms with Crippen molar-refractivity contribution >= 4 is 17.6 Å². The number of hydrogen-bond acceptors (Lipinski definition) is 9. The number of halogens is 4. The van der Waals surface area contributed by atoms with Gasteiger partial charge in [-0.25, -0.2) is 9.68 Å². The lowest BCUT2D eigenvalue weighted by atomic mass is 9.54. The number of aliphatic hydroxyl groups is 3. The second-order valence-corrected chi connectivity index (χ2v) is 12.1. The summed E-state index contributed by atoms with van der Waals surface area (Å²) in [5.74, 6) is -3.74. The van der Waals surface area contributed by atoms with Crippen molar-refractivity contribution < 1.29 is 62.4 Å². The maximum absolute atomic E-state index is 13.6. The van der Waals surface area contributed by atoms with Crippen molar-refractivity contribution in [2.75, 3.05) is 6.61 Å². The summed E-state index contributed by atoms with van der Waals surface area (Å²) >= 11 is 6.58. The molecular formula is C27H34ClF3O10. The molecule has 2 aliphatic carbocycles. The fraction of sp³-hybridized carbons (Fsp3) is 0.741. The van der Waals surface area contributed by atoms with E-state index in [1.54, 1.807) is 19.1 Å². The fourth-order valence-electron chi connectivity index (χ4n) is 7.06. The first-order valence-electron chi connectivity index (χ1n) is 13.6. The molecule has 230 valence electrons. The Bertz CT molecular complexity index is 1140. The molecule has 1 spiro atoms. The van der Waals surface area contributed by atoms with Crippen molar-refractivity contribution in [1.29, 1.82) is 0 Å². The SMILES string of the molecule is CCC1CC2CC(Cl)CC(C2)C12OOC2(OCC(F)(F)F)c1ccc(C)c(O[C@@H]2O[C@H](C(=O)O)[C@@H](O)[C@H](O)[C@H]2O)c1. The molecule has 4 aliphatic rings. The molecule has 4 fully saturated rings. The summed E-state index contributed by atoms with van der Waals surface area (Å²) in [5, 5.41) is 39.8. The topological polar surface area (TPSA) is 144 Å². The van der Waals surface area contributed by atoms with Gasteiger partial charge in [-0.15, -0.1) is 11.6 Å². The Morgan fingerprint density at radius 3 is 2.44 bits per heavy atom. The van der Waals surface area contributed by atoms with E-state index in [4.69, 9.17) is 35.6 Å². The molecule has 4 N–H and O–H groups in total. The lowest BCUT2D eigenvalue weighted by Gasteiger charge is -2.65. The average molecular weight is 611 g/mol. The Kier molecular flexibility index (Phi) is 8.31. The van der Waals surface area contributed by atoms with E-state index < -0.39 is 60.8 Å². The van der Waals surface area contributed by atoms with Crippen LogP contribution in [0.4, 0.5) is 13.2 Å². The standard InChI is InChI=1S/C27H34ClF3O10/c1-3-14-6-13-7-16(9-17(28)8-13)26(14)27(41-40-26,37-11-25(29,30)31)15-5-4-12(2)18(10-15)38-24-21(34)19(32)20(33)22(39-24)23(35)36/h4-5,10,13-14,16-17,19-22,24,32-34H,3,6-9,11H2,1-2H3,(H,35,36)/t13?,14?,16?,17?,19-,20-,21+,22-,24+,26?,27?/m0/s1. The Labute approximate surface area is 239 Å². The van der Waals surface area contributed by atoms with Gasteiger partial charge in [0, 0.05) is 10.9 Å². The van der Waals surface area contributed by atoms with Crippen LogP contribution in [0, 0.1) is 24.7 Å². The number of alkyl halides is 4. The molecule has 1 aromatic carbocycles. The number of carboxylic acids is 1. The van der Waals surface area contributed by atoms with E-state index in [-0.39, 0.29) is 28.5 Å². The Morgan fingerprint density at radius 2 is 1.83 bits per heavy atom. The summed E-state index contributed by atoms with van der Waals surface area (Å²) in [6, 6.07) is 4.46. The number of aliphatic carboxylic acids is 1. The molecule has 14 heteroatoms. The molecule has 11 atom stereocenters. The highest BCUT2D eigenvalue weighted by Crippen LogP contribution is 2.65. The predicted molar refractivity (Wildman–Crippen MR) is 134 cm³/mol. The van der Waals surface area contributed by atoms with Crippen LogP contribution in [0.15, 0.2) is 18.2 Å². The molecule has 0 aromatic heterocycles. The summed E-state index contributed by atoms with van der Waals surface area (Å²) in [6.07, 6.45) is -10.7. The quantitative estimate of drug-likeness (QED) is 0.268. The minimum Gasteiger partial charge on any atom is -0.479 e. The van der Waals surface area contributed by atoms with Crippen molar-refractivity contribution in [3.8, 4) is 5.75 Å². The van der Waals surface area contributed by atoms with Crippen LogP contribution in [-0.4, -0.2) is 80.9 Å². The number of ether oxygens (including phenoxy) is 3. The van der Waals surface area contributed by atoms with Gasteiger partial charge in [-0.2, -0.15) is 18.1 Å². The molecule has 0 amide bonds. The Balaban J connectivity index is 1.54. The van der Waals surface area contributed by atoms with Gasteiger partial charge in [0.2, 0.25) is 6.29 Å². The first kappa shape index (κ1) is 30.7. The maximum Gasteiger partial charge on any atom is 0.411 e. The maximum atomic E-state index is 13.6. The van der Waals surface area contributed by atoms with Crippen LogP contribution in [-0.2, 0) is 29.8 Å². The van der Waals surface area contributed by atoms with Crippen LogP contribution in [0.3, 0.4) is 0 Å². The van der Waals surface area contributed by atoms with Gasteiger partial charge < -0.3 is 34.6 Å². The van der Waals surface area contributed by atoms with Crippen LogP contribution in [0.5, 0.6) is 5.75 Å². The number of fused-ring (bicyclic) bond motifs is 3. The molecular weight excluding hydrogens is 577 g/mol. The molecule has 10 nitrogen and oxygen atoms in total. The fourth-order valence-corrected chi connectivity index (χ4v) is 7.52. The minimum atomic E-state index is -4.68. The Hall–Kier alpha value is -1.71. The molecule has 0 radical (unpaired) electrons. The number of benzene rings is 1. The van der Waals surface area contributed by atoms with Crippen molar-refractivity contribution in [3.63, 3.8) is 0 Å². The summed E-state index contributed by atoms with van der Waals surface area (Å²) < 4.78 is 57.4. The zero-order chi connectivity index (χ0) is 29.9. The molecule has 2 aliphatic heterocycles. The second-order valence-electron chi connectivity index (χ2n) is 11.5. The third kappa shape index (κ3) is 5.22. The van der Waals surface area contributed by atoms with Gasteiger partial charge in [0.1, 0.15) is 30.7 Å². The summed E-state index contributed by atoms with van der Waals surface area (Å²) in [5.41, 5.74) is -0.673. The van der Waals surface area contributed by atoms with Gasteiger partial charge in [0.25, 0.3) is 5.79 Å². The molecule has 2 heterocycles. The highest BCUT2D eigenvalue weighted by molar-refractivity contribution is 6.20. The third-order valence-corrected chi connectivity index (χ3v) is 9.30. The van der Waals surface area contributed by atoms with Crippen LogP contribution in [0.25, 0.3) is 0 Å². The van der Waals surface area contributed by atoms with Crippen molar-refractivity contribution in [2.45, 2.75) is 99.6 Å². The number of carboxylic acid groups (broad SMARTS) is 1. The number of rotatable bonds is 7. The van der Waals surface area contributed by atoms with Crippen molar-refractivity contribution in [1.82, 2.24) is 0 Å². The van der Waals surface area contributed by atoms with Gasteiger partial charge in [0.15, 0.2) is 11.7 Å². The number of hydrogen-bond donors (Lipinski definition) is 4. The smallest absolute Gasteiger partial charge is 0.411 e. The van der Waals surface area contributed by atoms with Gasteiger partial charge in [0.05, 0.1) is 0 Å². The van der Waals surface area contributed by atoms with E-state index >= 15 is 0 Å². The number of carbonyl (C=O) groups is 1. The lowest BCUT2D eigenvalue weighted by molar-refractivity contribution is -0.646. The predicted octanol–water partition coefficient (Wildman–Crippen LogP) is 3.15. The Morgan fingerprint density at radius 1 is 1.10 bits per heavy atom. The normalized spacial score (nSPS) is 42.5. The van der Waals surface area contributed by atoms with E-state index in [1.165, 1.54) is 6.07 Å². The van der Waals surface area contributed by atoms with Gasteiger partial charge in [-0.3, -0.25) is 0 Å². The average Bonchev–Trinajstić information content (AvgIpc) is 2.88. The minimum absolute atomic E-state index is 0.000473. The van der Waals surface area contributed by atoms with E-state index in [9.17, 15) is 38.4 Å². The lowest BCUT2D eigenvalue weighted by Crippen LogP contribution is -2.75. The largest absolute Gasteiger partial charge is 0.479 e. The third-order valence-electron chi connectivity index (χ3n) is 8.95. The summed E-state index contributed by atoms with van der Waals surface area (Å²) in [7, 11) is 0. The molecule has 2 saturated carbocycles. The van der Waals surface area contributed by atoms with Gasteiger partial charge in [-0.05, 0) is 62.0 Å². The summed E-state index contributed by atoms with van der Waals surface area (Å²) in [6.45, 7) is 1.94. The van der Waals surface area contributed by atoms with Crippen molar-refractivity contribution in [2.24, 2.45) is 17.8 Å². The molecule has 1 aromatic rings. The van der Waals surface area contributed by atoms with E-state index in [2.05, 4.69) is 0 Å². The van der Waals surface area contributed by atoms with Gasteiger partial charge >= 0.3 is 12.1 Å². The molecule has 2 bridgehead atoms. The zero-order valence-electron chi connectivity index (χ0n) is 22.4. The molecule has 2 saturated heterocycles. The van der Waals surface area contributed by atoms with E-state index in [0.717, 1.165) is 6.42 Å². The van der Waals surface area contributed by atoms with Crippen LogP contribution in [0.1, 0.15) is 50.2 Å². The van der Waals surface area contributed by atoms with Crippen LogP contribution < -0.4 is 4.74 Å². The first-order chi connectivity index (χ1) is 19.2. The van der Waals surface area contributed by atoms with Crippen LogP contribution in [0.2, 0.25) is 0 Å². The highest BCUT2D eigenvalue weighted by atomic mass is 35.5. The molecule has 5 rings (SSSR count). The first-order valence-corrected chi connectivity index (χ1v) is 14.1. The van der Waals surface area contributed by atoms with Gasteiger partial charge in [-0.1, -0.05) is 25.5 Å². The van der Waals surface area contributed by atoms with Crippen LogP contribution >= 0.6 is 11.6 Å². The monoisotopic (exact) mass is 610 g/mol. The van der Waals surface area contributed by atoms with Crippen molar-refractivity contribution in [3.05, 3.63) is 29.3 Å². The zero-order valence-corrected chi connectivity index (χ0v) is 23.2. The van der Waals surface area contributed by atoms with E-state index in [1.807, 2.05) is 6.92 Å². The summed E-state index contributed by atoms with van der Waals surface area (Å²) in [4.78, 5) is 23.0.